The number of nitrogens with one attached hydrogen (secondary N) is 1. The Labute approximate surface area is 171 Å². The number of rotatable bonds is 6. The number of nitrogens with zero attached hydrogens (tertiary/aromatic N) is 4. The molecule has 1 amide bonds. The molecule has 0 atom stereocenters. The van der Waals surface area contributed by atoms with Crippen LogP contribution >= 0.6 is 11.3 Å². The van der Waals surface area contributed by atoms with Gasteiger partial charge in [-0.25, -0.2) is 0 Å². The molecular weight excluding hydrogens is 382 g/mol. The predicted octanol–water partition coefficient (Wildman–Crippen LogP) is 4.73. The molecule has 0 spiro atoms. The Hall–Kier alpha value is -3.76. The summed E-state index contributed by atoms with van der Waals surface area (Å²) in [6, 6.07) is 19.8. The lowest BCUT2D eigenvalue weighted by Gasteiger charge is -2.00. The summed E-state index contributed by atoms with van der Waals surface area (Å²) in [4.78, 5) is 12.3. The van der Waals surface area contributed by atoms with Crippen LogP contribution in [0.4, 0.5) is 5.13 Å². The van der Waals surface area contributed by atoms with E-state index in [0.717, 1.165) is 27.0 Å². The van der Waals surface area contributed by atoms with Gasteiger partial charge in [0, 0.05) is 40.8 Å². The molecule has 0 saturated carbocycles. The monoisotopic (exact) mass is 399 g/mol. The van der Waals surface area contributed by atoms with E-state index in [1.165, 1.54) is 17.4 Å². The van der Waals surface area contributed by atoms with E-state index in [4.69, 9.17) is 5.26 Å². The van der Waals surface area contributed by atoms with Crippen LogP contribution in [0.15, 0.2) is 66.9 Å². The first kappa shape index (κ1) is 18.6. The molecular formula is C22H17N5OS. The minimum atomic E-state index is -0.269. The lowest BCUT2D eigenvalue weighted by molar-refractivity contribution is -0.111. The quantitative estimate of drug-likeness (QED) is 0.475. The molecule has 1 N–H and O–H groups in total. The van der Waals surface area contributed by atoms with Crippen LogP contribution in [0.5, 0.6) is 0 Å². The molecule has 0 bridgehead atoms. The fourth-order valence-corrected chi connectivity index (χ4v) is 3.80. The number of benzene rings is 2. The number of anilines is 1. The van der Waals surface area contributed by atoms with E-state index in [9.17, 15) is 4.79 Å². The summed E-state index contributed by atoms with van der Waals surface area (Å²) in [5.74, 6) is -0.269. The zero-order valence-corrected chi connectivity index (χ0v) is 16.3. The average Bonchev–Trinajstić information content (AvgIpc) is 3.36. The third-order valence-corrected chi connectivity index (χ3v) is 5.26. The zero-order valence-electron chi connectivity index (χ0n) is 15.4. The SMILES string of the molecule is N#CCCn1cc(/C=C/C(=O)Nc2nnc(-c3ccccc3)s2)c2ccccc21. The summed E-state index contributed by atoms with van der Waals surface area (Å²) in [5.41, 5.74) is 2.93. The van der Waals surface area contributed by atoms with Gasteiger partial charge in [0.25, 0.3) is 0 Å². The highest BCUT2D eigenvalue weighted by Crippen LogP contribution is 2.26. The standard InChI is InChI=1S/C22H17N5OS/c23-13-6-14-27-15-17(18-9-4-5-10-19(18)27)11-12-20(28)24-22-26-25-21(29-22)16-7-2-1-3-8-16/h1-5,7-12,15H,6,14H2,(H,24,26,28)/b12-11+. The molecule has 4 aromatic rings. The normalized spacial score (nSPS) is 11.0. The second-order valence-electron chi connectivity index (χ2n) is 6.30. The zero-order chi connectivity index (χ0) is 20.1. The summed E-state index contributed by atoms with van der Waals surface area (Å²) in [6.07, 6.45) is 5.66. The first-order valence-corrected chi connectivity index (χ1v) is 9.89. The second kappa shape index (κ2) is 8.50. The number of carbonyl (C=O) groups excluding carboxylic acids is 1. The van der Waals surface area contributed by atoms with Crippen molar-refractivity contribution in [1.29, 1.82) is 5.26 Å². The molecule has 0 radical (unpaired) electrons. The molecule has 142 valence electrons. The van der Waals surface area contributed by atoms with Crippen LogP contribution < -0.4 is 5.32 Å². The number of carbonyl (C=O) groups is 1. The first-order chi connectivity index (χ1) is 14.2. The largest absolute Gasteiger partial charge is 0.346 e. The topological polar surface area (TPSA) is 83.6 Å². The van der Waals surface area contributed by atoms with E-state index in [1.54, 1.807) is 6.08 Å². The van der Waals surface area contributed by atoms with Gasteiger partial charge >= 0.3 is 0 Å². The molecule has 0 fully saturated rings. The number of para-hydroxylation sites is 1. The van der Waals surface area contributed by atoms with Crippen LogP contribution in [-0.2, 0) is 11.3 Å². The Bertz CT molecular complexity index is 1220. The maximum atomic E-state index is 12.3. The molecule has 6 nitrogen and oxygen atoms in total. The Kier molecular flexibility index (Phi) is 5.45. The highest BCUT2D eigenvalue weighted by atomic mass is 32.1. The maximum Gasteiger partial charge on any atom is 0.250 e. The van der Waals surface area contributed by atoms with Gasteiger partial charge in [0.15, 0.2) is 0 Å². The first-order valence-electron chi connectivity index (χ1n) is 9.07. The Balaban J connectivity index is 1.49. The van der Waals surface area contributed by atoms with Gasteiger partial charge in [-0.05, 0) is 12.1 Å². The van der Waals surface area contributed by atoms with E-state index >= 15 is 0 Å². The van der Waals surface area contributed by atoms with Crippen LogP contribution in [0.25, 0.3) is 27.6 Å². The third-order valence-electron chi connectivity index (χ3n) is 4.37. The molecule has 2 heterocycles. The maximum absolute atomic E-state index is 12.3. The highest BCUT2D eigenvalue weighted by molar-refractivity contribution is 7.18. The van der Waals surface area contributed by atoms with Crippen molar-refractivity contribution in [3.8, 4) is 16.6 Å². The summed E-state index contributed by atoms with van der Waals surface area (Å²) >= 11 is 1.33. The van der Waals surface area contributed by atoms with Crippen molar-refractivity contribution in [2.24, 2.45) is 0 Å². The van der Waals surface area contributed by atoms with Crippen molar-refractivity contribution in [3.63, 3.8) is 0 Å². The number of fused-ring (bicyclic) bond motifs is 1. The molecule has 4 rings (SSSR count). The minimum Gasteiger partial charge on any atom is -0.346 e. The number of amides is 1. The van der Waals surface area contributed by atoms with Crippen LogP contribution in [0, 0.1) is 11.3 Å². The van der Waals surface area contributed by atoms with Gasteiger partial charge in [-0.2, -0.15) is 5.26 Å². The molecule has 2 aromatic heterocycles. The molecule has 0 unspecified atom stereocenters. The molecule has 0 aliphatic carbocycles. The van der Waals surface area contributed by atoms with E-state index < -0.39 is 0 Å². The van der Waals surface area contributed by atoms with Crippen LogP contribution in [0.3, 0.4) is 0 Å². The number of aromatic nitrogens is 3. The summed E-state index contributed by atoms with van der Waals surface area (Å²) in [6.45, 7) is 0.615. The number of nitriles is 1. The molecule has 29 heavy (non-hydrogen) atoms. The van der Waals surface area contributed by atoms with E-state index in [1.807, 2.05) is 65.4 Å². The smallest absolute Gasteiger partial charge is 0.250 e. The van der Waals surface area contributed by atoms with Crippen molar-refractivity contribution in [2.45, 2.75) is 13.0 Å². The minimum absolute atomic E-state index is 0.269. The Morgan fingerprint density at radius 3 is 2.76 bits per heavy atom. The van der Waals surface area contributed by atoms with Crippen molar-refractivity contribution in [2.75, 3.05) is 5.32 Å². The van der Waals surface area contributed by atoms with E-state index in [2.05, 4.69) is 21.6 Å². The Morgan fingerprint density at radius 2 is 1.93 bits per heavy atom. The molecule has 0 aliphatic rings. The van der Waals surface area contributed by atoms with Crippen LogP contribution in [0.2, 0.25) is 0 Å². The van der Waals surface area contributed by atoms with Gasteiger partial charge in [-0.1, -0.05) is 59.9 Å². The number of aryl methyl sites for hydroxylation is 1. The van der Waals surface area contributed by atoms with Crippen LogP contribution in [0.1, 0.15) is 12.0 Å². The van der Waals surface area contributed by atoms with Crippen molar-refractivity contribution >= 4 is 39.4 Å². The van der Waals surface area contributed by atoms with Crippen LogP contribution in [-0.4, -0.2) is 20.7 Å². The van der Waals surface area contributed by atoms with Crippen molar-refractivity contribution in [1.82, 2.24) is 14.8 Å². The third kappa shape index (κ3) is 4.23. The van der Waals surface area contributed by atoms with E-state index in [-0.39, 0.29) is 5.91 Å². The fourth-order valence-electron chi connectivity index (χ4n) is 3.05. The summed E-state index contributed by atoms with van der Waals surface area (Å²) in [5, 5.41) is 22.0. The molecule has 2 aromatic carbocycles. The van der Waals surface area contributed by atoms with Gasteiger partial charge in [-0.15, -0.1) is 10.2 Å². The lowest BCUT2D eigenvalue weighted by atomic mass is 10.1. The average molecular weight is 399 g/mol. The van der Waals surface area contributed by atoms with Crippen molar-refractivity contribution < 1.29 is 4.79 Å². The molecule has 0 aliphatic heterocycles. The predicted molar refractivity (Wildman–Crippen MR) is 115 cm³/mol. The van der Waals surface area contributed by atoms with Gasteiger partial charge in [0.05, 0.1) is 12.5 Å². The number of hydrogen-bond donors (Lipinski definition) is 1. The molecule has 7 heteroatoms. The van der Waals surface area contributed by atoms with E-state index in [0.29, 0.717) is 18.1 Å². The molecule has 0 saturated heterocycles. The van der Waals surface area contributed by atoms with Gasteiger partial charge in [0.1, 0.15) is 5.01 Å². The number of hydrogen-bond acceptors (Lipinski definition) is 5. The highest BCUT2D eigenvalue weighted by Gasteiger charge is 2.09. The summed E-state index contributed by atoms with van der Waals surface area (Å²) < 4.78 is 2.03. The summed E-state index contributed by atoms with van der Waals surface area (Å²) in [7, 11) is 0. The van der Waals surface area contributed by atoms with Crippen molar-refractivity contribution in [3.05, 3.63) is 72.4 Å². The fraction of sp³-hybridized carbons (Fsp3) is 0.0909. The second-order valence-corrected chi connectivity index (χ2v) is 7.28. The Morgan fingerprint density at radius 1 is 1.14 bits per heavy atom. The van der Waals surface area contributed by atoms with Gasteiger partial charge in [0.2, 0.25) is 11.0 Å². The lowest BCUT2D eigenvalue weighted by Crippen LogP contribution is -2.07. The van der Waals surface area contributed by atoms with Gasteiger partial charge < -0.3 is 4.57 Å². The van der Waals surface area contributed by atoms with Gasteiger partial charge in [-0.3, -0.25) is 10.1 Å².